The Morgan fingerprint density at radius 1 is 1.80 bits per heavy atom. The standard InChI is InChI=1S/C7H12NO2/c1-2-6(9)7-5-8-3-4-10-7/h2,6-8H,1,3-5H2. The van der Waals surface area contributed by atoms with Gasteiger partial charge in [0, 0.05) is 13.1 Å². The van der Waals surface area contributed by atoms with Crippen molar-refractivity contribution in [2.24, 2.45) is 0 Å². The second-order valence-corrected chi connectivity index (χ2v) is 2.31. The maximum Gasteiger partial charge on any atom is 0.138 e. The number of ether oxygens (including phenoxy) is 1. The van der Waals surface area contributed by atoms with Crippen LogP contribution in [-0.2, 0) is 9.84 Å². The minimum atomic E-state index is -0.784. The average Bonchev–Trinajstić information content (AvgIpc) is 2.05. The van der Waals surface area contributed by atoms with Gasteiger partial charge in [-0.05, 0) is 0 Å². The van der Waals surface area contributed by atoms with Gasteiger partial charge in [0.2, 0.25) is 0 Å². The summed E-state index contributed by atoms with van der Waals surface area (Å²) in [5.74, 6) is 0. The molecule has 1 saturated heterocycles. The first-order valence-corrected chi connectivity index (χ1v) is 3.45. The third-order valence-corrected chi connectivity index (χ3v) is 1.56. The van der Waals surface area contributed by atoms with Crippen LogP contribution in [0.2, 0.25) is 0 Å². The Balaban J connectivity index is 2.30. The van der Waals surface area contributed by atoms with Crippen LogP contribution >= 0.6 is 0 Å². The highest BCUT2D eigenvalue weighted by Crippen LogP contribution is 2.02. The molecule has 1 aliphatic rings. The highest BCUT2D eigenvalue weighted by molar-refractivity contribution is 4.87. The molecule has 1 aliphatic heterocycles. The lowest BCUT2D eigenvalue weighted by Crippen LogP contribution is -2.43. The molecular weight excluding hydrogens is 130 g/mol. The molecule has 0 saturated carbocycles. The fourth-order valence-electron chi connectivity index (χ4n) is 0.948. The Kier molecular flexibility index (Phi) is 2.86. The van der Waals surface area contributed by atoms with E-state index in [1.807, 2.05) is 0 Å². The van der Waals surface area contributed by atoms with E-state index in [4.69, 9.17) is 4.74 Å². The van der Waals surface area contributed by atoms with Gasteiger partial charge in [0.25, 0.3) is 0 Å². The van der Waals surface area contributed by atoms with Gasteiger partial charge in [-0.3, -0.25) is 0 Å². The van der Waals surface area contributed by atoms with E-state index < -0.39 is 6.10 Å². The summed E-state index contributed by atoms with van der Waals surface area (Å²) in [4.78, 5) is 0. The van der Waals surface area contributed by atoms with Crippen molar-refractivity contribution in [3.05, 3.63) is 12.7 Å². The molecule has 10 heavy (non-hydrogen) atoms. The molecule has 2 unspecified atom stereocenters. The Morgan fingerprint density at radius 2 is 2.60 bits per heavy atom. The summed E-state index contributed by atoms with van der Waals surface area (Å²) in [7, 11) is 0. The van der Waals surface area contributed by atoms with E-state index in [1.165, 1.54) is 6.08 Å². The quantitative estimate of drug-likeness (QED) is 0.550. The molecule has 0 aliphatic carbocycles. The lowest BCUT2D eigenvalue weighted by atomic mass is 10.2. The van der Waals surface area contributed by atoms with Crippen molar-refractivity contribution >= 4 is 0 Å². The first kappa shape index (κ1) is 7.72. The third kappa shape index (κ3) is 1.80. The fourth-order valence-corrected chi connectivity index (χ4v) is 0.948. The van der Waals surface area contributed by atoms with Gasteiger partial charge in [0.15, 0.2) is 0 Å². The zero-order valence-electron chi connectivity index (χ0n) is 5.88. The molecule has 0 aromatic carbocycles. The molecule has 0 aromatic rings. The van der Waals surface area contributed by atoms with Crippen LogP contribution in [0.4, 0.5) is 0 Å². The Labute approximate surface area is 60.7 Å². The first-order valence-electron chi connectivity index (χ1n) is 3.45. The SMILES string of the molecule is C=CC([O])C1CNCCO1. The topological polar surface area (TPSA) is 41.2 Å². The van der Waals surface area contributed by atoms with Crippen molar-refractivity contribution in [3.63, 3.8) is 0 Å². The summed E-state index contributed by atoms with van der Waals surface area (Å²) in [5, 5.41) is 14.0. The highest BCUT2D eigenvalue weighted by atomic mass is 16.5. The number of hydrogen-bond donors (Lipinski definition) is 1. The van der Waals surface area contributed by atoms with Crippen molar-refractivity contribution in [3.8, 4) is 0 Å². The highest BCUT2D eigenvalue weighted by Gasteiger charge is 2.20. The van der Waals surface area contributed by atoms with Gasteiger partial charge in [-0.25, -0.2) is 5.11 Å². The predicted molar refractivity (Wildman–Crippen MR) is 37.3 cm³/mol. The van der Waals surface area contributed by atoms with Crippen molar-refractivity contribution in [1.29, 1.82) is 0 Å². The molecule has 1 rings (SSSR count). The van der Waals surface area contributed by atoms with Gasteiger partial charge in [-0.2, -0.15) is 0 Å². The van der Waals surface area contributed by atoms with Crippen molar-refractivity contribution in [1.82, 2.24) is 5.32 Å². The molecule has 0 spiro atoms. The van der Waals surface area contributed by atoms with Crippen LogP contribution in [0.3, 0.4) is 0 Å². The van der Waals surface area contributed by atoms with Crippen LogP contribution in [0.25, 0.3) is 0 Å². The summed E-state index contributed by atoms with van der Waals surface area (Å²) in [6, 6.07) is 0. The van der Waals surface area contributed by atoms with Gasteiger partial charge in [-0.1, -0.05) is 6.08 Å². The van der Waals surface area contributed by atoms with E-state index in [2.05, 4.69) is 11.9 Å². The summed E-state index contributed by atoms with van der Waals surface area (Å²) >= 11 is 0. The molecule has 0 amide bonds. The maximum atomic E-state index is 11.0. The van der Waals surface area contributed by atoms with Gasteiger partial charge in [0.05, 0.1) is 6.61 Å². The van der Waals surface area contributed by atoms with E-state index in [-0.39, 0.29) is 6.10 Å². The number of rotatable bonds is 2. The molecule has 1 radical (unpaired) electrons. The molecule has 3 heteroatoms. The van der Waals surface area contributed by atoms with Crippen molar-refractivity contribution in [2.45, 2.75) is 12.2 Å². The molecule has 2 atom stereocenters. The van der Waals surface area contributed by atoms with Gasteiger partial charge in [-0.15, -0.1) is 6.58 Å². The predicted octanol–water partition coefficient (Wildman–Crippen LogP) is -0.0401. The minimum Gasteiger partial charge on any atom is -0.372 e. The van der Waals surface area contributed by atoms with E-state index >= 15 is 0 Å². The van der Waals surface area contributed by atoms with Crippen molar-refractivity contribution in [2.75, 3.05) is 19.7 Å². The zero-order valence-corrected chi connectivity index (χ0v) is 5.88. The van der Waals surface area contributed by atoms with Crippen LogP contribution in [0.1, 0.15) is 0 Å². The van der Waals surface area contributed by atoms with Crippen LogP contribution in [-0.4, -0.2) is 31.9 Å². The molecule has 57 valence electrons. The molecular formula is C7H12NO2. The molecule has 0 aromatic heterocycles. The average molecular weight is 142 g/mol. The van der Waals surface area contributed by atoms with E-state index in [1.54, 1.807) is 0 Å². The van der Waals surface area contributed by atoms with Crippen molar-refractivity contribution < 1.29 is 9.84 Å². The summed E-state index contributed by atoms with van der Waals surface area (Å²) in [6.07, 6.45) is 0.386. The lowest BCUT2D eigenvalue weighted by molar-refractivity contribution is -0.0579. The Morgan fingerprint density at radius 3 is 3.10 bits per heavy atom. The maximum absolute atomic E-state index is 11.0. The number of morpholine rings is 1. The van der Waals surface area contributed by atoms with Gasteiger partial charge >= 0.3 is 0 Å². The summed E-state index contributed by atoms with van der Waals surface area (Å²) < 4.78 is 5.18. The second kappa shape index (κ2) is 3.71. The third-order valence-electron chi connectivity index (χ3n) is 1.56. The van der Waals surface area contributed by atoms with Crippen LogP contribution in [0.5, 0.6) is 0 Å². The second-order valence-electron chi connectivity index (χ2n) is 2.31. The molecule has 1 N–H and O–H groups in total. The normalized spacial score (nSPS) is 29.5. The summed E-state index contributed by atoms with van der Waals surface area (Å²) in [5.41, 5.74) is 0. The molecule has 1 heterocycles. The largest absolute Gasteiger partial charge is 0.372 e. The van der Waals surface area contributed by atoms with Crippen LogP contribution in [0.15, 0.2) is 12.7 Å². The smallest absolute Gasteiger partial charge is 0.138 e. The fraction of sp³-hybridized carbons (Fsp3) is 0.714. The summed E-state index contributed by atoms with van der Waals surface area (Å²) in [6.45, 7) is 5.55. The number of hydrogen-bond acceptors (Lipinski definition) is 2. The molecule has 1 fully saturated rings. The Bertz CT molecular complexity index is 110. The van der Waals surface area contributed by atoms with E-state index in [0.717, 1.165) is 6.54 Å². The lowest BCUT2D eigenvalue weighted by Gasteiger charge is -2.24. The van der Waals surface area contributed by atoms with Gasteiger partial charge < -0.3 is 10.1 Å². The minimum absolute atomic E-state index is 0.216. The number of nitrogens with one attached hydrogen (secondary N) is 1. The van der Waals surface area contributed by atoms with Crippen LogP contribution < -0.4 is 5.32 Å². The zero-order chi connectivity index (χ0) is 7.40. The monoisotopic (exact) mass is 142 g/mol. The molecule has 3 nitrogen and oxygen atoms in total. The van der Waals surface area contributed by atoms with E-state index in [9.17, 15) is 5.11 Å². The molecule has 0 bridgehead atoms. The first-order chi connectivity index (χ1) is 4.84. The van der Waals surface area contributed by atoms with Gasteiger partial charge in [0.1, 0.15) is 12.2 Å². The Hall–Kier alpha value is -0.380. The van der Waals surface area contributed by atoms with Crippen LogP contribution in [0, 0.1) is 0 Å². The van der Waals surface area contributed by atoms with E-state index in [0.29, 0.717) is 13.2 Å².